The molecule has 168 valence electrons. The molecule has 0 unspecified atom stereocenters. The lowest BCUT2D eigenvalue weighted by molar-refractivity contribution is -0.131. The Labute approximate surface area is 199 Å². The lowest BCUT2D eigenvalue weighted by atomic mass is 9.97. The fourth-order valence-electron chi connectivity index (χ4n) is 4.19. The Morgan fingerprint density at radius 3 is 2.79 bits per heavy atom. The maximum absolute atomic E-state index is 13.0. The third-order valence-electron chi connectivity index (χ3n) is 6.05. The van der Waals surface area contributed by atoms with Crippen molar-refractivity contribution in [1.29, 1.82) is 0 Å². The summed E-state index contributed by atoms with van der Waals surface area (Å²) >= 11 is 7.78. The molecule has 5 rings (SSSR count). The van der Waals surface area contributed by atoms with Crippen molar-refractivity contribution in [2.75, 3.05) is 13.1 Å². The fourth-order valence-corrected chi connectivity index (χ4v) is 5.47. The molecule has 33 heavy (non-hydrogen) atoms. The zero-order valence-corrected chi connectivity index (χ0v) is 19.6. The molecule has 9 heteroatoms. The summed E-state index contributed by atoms with van der Waals surface area (Å²) in [5, 5.41) is 1.79. The molecule has 0 atom stereocenters. The molecule has 1 amide bonds. The van der Waals surface area contributed by atoms with E-state index in [0.29, 0.717) is 41.1 Å². The van der Waals surface area contributed by atoms with Crippen molar-refractivity contribution >= 4 is 39.1 Å². The average molecular weight is 480 g/mol. The number of carbonyl (C=O) groups is 1. The third kappa shape index (κ3) is 4.54. The van der Waals surface area contributed by atoms with E-state index in [0.717, 1.165) is 33.6 Å². The Hall–Kier alpha value is -3.10. The Morgan fingerprint density at radius 2 is 2.06 bits per heavy atom. The topological polar surface area (TPSA) is 91.8 Å². The van der Waals surface area contributed by atoms with Gasteiger partial charge in [0.05, 0.1) is 21.6 Å². The van der Waals surface area contributed by atoms with Crippen LogP contribution in [0.1, 0.15) is 35.0 Å². The molecule has 0 spiro atoms. The molecular weight excluding hydrogens is 458 g/mol. The normalized spacial score (nSPS) is 14.7. The molecule has 1 aliphatic heterocycles. The first-order valence-corrected chi connectivity index (χ1v) is 12.0. The molecule has 3 aromatic heterocycles. The highest BCUT2D eigenvalue weighted by Crippen LogP contribution is 2.34. The summed E-state index contributed by atoms with van der Waals surface area (Å²) in [7, 11) is 0. The summed E-state index contributed by atoms with van der Waals surface area (Å²) in [6.07, 6.45) is 5.06. The van der Waals surface area contributed by atoms with Crippen molar-refractivity contribution < 1.29 is 4.79 Å². The summed E-state index contributed by atoms with van der Waals surface area (Å²) < 4.78 is 1.13. The SMILES string of the molecule is Cc1nc(-c2cccnc2)[nH]c(=O)c1CC(=O)N1CCC(c2nc3cc(Cl)ccc3s2)CC1. The van der Waals surface area contributed by atoms with E-state index in [4.69, 9.17) is 16.6 Å². The number of aromatic nitrogens is 4. The summed E-state index contributed by atoms with van der Waals surface area (Å²) in [4.78, 5) is 43.6. The number of nitrogens with one attached hydrogen (secondary N) is 1. The van der Waals surface area contributed by atoms with Crippen LogP contribution in [0, 0.1) is 6.92 Å². The van der Waals surface area contributed by atoms with Crippen molar-refractivity contribution in [1.82, 2.24) is 24.8 Å². The molecule has 0 saturated carbocycles. The summed E-state index contributed by atoms with van der Waals surface area (Å²) in [6, 6.07) is 9.40. The maximum Gasteiger partial charge on any atom is 0.255 e. The number of aryl methyl sites for hydroxylation is 1. The van der Waals surface area contributed by atoms with Crippen LogP contribution in [0.5, 0.6) is 0 Å². The second-order valence-corrected chi connectivity index (χ2v) is 9.71. The maximum atomic E-state index is 13.0. The van der Waals surface area contributed by atoms with E-state index in [1.807, 2.05) is 29.2 Å². The van der Waals surface area contributed by atoms with E-state index in [-0.39, 0.29) is 17.9 Å². The standard InChI is InChI=1S/C24H22ClN5O2S/c1-14-18(23(32)29-22(27-14)16-3-2-8-26-13-16)12-21(31)30-9-6-15(7-10-30)24-28-19-11-17(25)4-5-20(19)33-24/h2-5,8,11,13,15H,6-7,9-10,12H2,1H3,(H,27,29,32). The molecule has 7 nitrogen and oxygen atoms in total. The van der Waals surface area contributed by atoms with Gasteiger partial charge in [0.15, 0.2) is 0 Å². The number of benzene rings is 1. The molecule has 1 aliphatic rings. The van der Waals surface area contributed by atoms with Gasteiger partial charge in [-0.2, -0.15) is 0 Å². The number of amides is 1. The minimum absolute atomic E-state index is 0.0472. The van der Waals surface area contributed by atoms with Gasteiger partial charge in [-0.3, -0.25) is 14.6 Å². The lowest BCUT2D eigenvalue weighted by Crippen LogP contribution is -2.39. The van der Waals surface area contributed by atoms with Gasteiger partial charge in [0.1, 0.15) is 5.82 Å². The second-order valence-electron chi connectivity index (χ2n) is 8.22. The van der Waals surface area contributed by atoms with Crippen LogP contribution in [0.3, 0.4) is 0 Å². The Kier molecular flexibility index (Phi) is 5.95. The summed E-state index contributed by atoms with van der Waals surface area (Å²) in [5.74, 6) is 0.740. The number of piperidine rings is 1. The van der Waals surface area contributed by atoms with E-state index >= 15 is 0 Å². The first-order valence-electron chi connectivity index (χ1n) is 10.8. The molecular formula is C24H22ClN5O2S. The van der Waals surface area contributed by atoms with E-state index in [1.54, 1.807) is 36.7 Å². The molecule has 4 heterocycles. The van der Waals surface area contributed by atoms with Crippen molar-refractivity contribution in [2.24, 2.45) is 0 Å². The molecule has 4 aromatic rings. The molecule has 1 aromatic carbocycles. The summed E-state index contributed by atoms with van der Waals surface area (Å²) in [5.41, 5.74) is 2.36. The quantitative estimate of drug-likeness (QED) is 0.469. The highest BCUT2D eigenvalue weighted by molar-refractivity contribution is 7.18. The van der Waals surface area contributed by atoms with Crippen molar-refractivity contribution in [3.8, 4) is 11.4 Å². The highest BCUT2D eigenvalue weighted by Gasteiger charge is 2.27. The van der Waals surface area contributed by atoms with Gasteiger partial charge in [0, 0.05) is 53.2 Å². The molecule has 0 aliphatic carbocycles. The largest absolute Gasteiger partial charge is 0.342 e. The second kappa shape index (κ2) is 9.03. The fraction of sp³-hybridized carbons (Fsp3) is 0.292. The molecule has 0 bridgehead atoms. The van der Waals surface area contributed by atoms with Gasteiger partial charge in [0.25, 0.3) is 5.56 Å². The van der Waals surface area contributed by atoms with Gasteiger partial charge in [0.2, 0.25) is 5.91 Å². The number of pyridine rings is 1. The minimum Gasteiger partial charge on any atom is -0.342 e. The first kappa shape index (κ1) is 21.7. The van der Waals surface area contributed by atoms with Crippen molar-refractivity contribution in [3.63, 3.8) is 0 Å². The predicted octanol–water partition coefficient (Wildman–Crippen LogP) is 4.35. The number of rotatable bonds is 4. The number of fused-ring (bicyclic) bond motifs is 1. The van der Waals surface area contributed by atoms with Gasteiger partial charge < -0.3 is 9.88 Å². The number of aromatic amines is 1. The van der Waals surface area contributed by atoms with Crippen LogP contribution in [0.25, 0.3) is 21.6 Å². The summed E-state index contributed by atoms with van der Waals surface area (Å²) in [6.45, 7) is 3.07. The van der Waals surface area contributed by atoms with Crippen LogP contribution in [-0.4, -0.2) is 43.8 Å². The predicted molar refractivity (Wildman–Crippen MR) is 130 cm³/mol. The zero-order valence-electron chi connectivity index (χ0n) is 18.0. The van der Waals surface area contributed by atoms with E-state index in [9.17, 15) is 9.59 Å². The Bertz CT molecular complexity index is 1380. The number of carbonyl (C=O) groups excluding carboxylic acids is 1. The minimum atomic E-state index is -0.280. The van der Waals surface area contributed by atoms with Crippen molar-refractivity contribution in [3.05, 3.63) is 74.4 Å². The smallest absolute Gasteiger partial charge is 0.255 e. The molecule has 0 radical (unpaired) electrons. The van der Waals surface area contributed by atoms with Crippen LogP contribution >= 0.6 is 22.9 Å². The van der Waals surface area contributed by atoms with Gasteiger partial charge in [-0.1, -0.05) is 11.6 Å². The molecule has 1 saturated heterocycles. The highest BCUT2D eigenvalue weighted by atomic mass is 35.5. The molecule has 1 fully saturated rings. The number of nitrogens with zero attached hydrogens (tertiary/aromatic N) is 4. The third-order valence-corrected chi connectivity index (χ3v) is 7.48. The Balaban J connectivity index is 1.25. The monoisotopic (exact) mass is 479 g/mol. The van der Waals surface area contributed by atoms with Crippen LogP contribution in [0.15, 0.2) is 47.5 Å². The number of hydrogen-bond acceptors (Lipinski definition) is 6. The van der Waals surface area contributed by atoms with Crippen molar-refractivity contribution in [2.45, 2.75) is 32.1 Å². The van der Waals surface area contributed by atoms with Gasteiger partial charge in [-0.25, -0.2) is 9.97 Å². The van der Waals surface area contributed by atoms with Crippen LogP contribution in [-0.2, 0) is 11.2 Å². The van der Waals surface area contributed by atoms with E-state index in [2.05, 4.69) is 15.0 Å². The number of H-pyrrole nitrogens is 1. The number of halogens is 1. The van der Waals surface area contributed by atoms with Gasteiger partial charge in [-0.15, -0.1) is 11.3 Å². The van der Waals surface area contributed by atoms with E-state index < -0.39 is 0 Å². The first-order chi connectivity index (χ1) is 16.0. The van der Waals surface area contributed by atoms with Gasteiger partial charge >= 0.3 is 0 Å². The Morgan fingerprint density at radius 1 is 1.24 bits per heavy atom. The number of likely N-dealkylation sites (tertiary alicyclic amines) is 1. The van der Waals surface area contributed by atoms with Crippen LogP contribution in [0.2, 0.25) is 5.02 Å². The number of thiazole rings is 1. The van der Waals surface area contributed by atoms with Crippen LogP contribution in [0.4, 0.5) is 0 Å². The number of hydrogen-bond donors (Lipinski definition) is 1. The zero-order chi connectivity index (χ0) is 22.9. The van der Waals surface area contributed by atoms with Crippen LogP contribution < -0.4 is 5.56 Å². The van der Waals surface area contributed by atoms with Gasteiger partial charge in [-0.05, 0) is 50.1 Å². The lowest BCUT2D eigenvalue weighted by Gasteiger charge is -2.31. The van der Waals surface area contributed by atoms with E-state index in [1.165, 1.54) is 0 Å². The molecule has 1 N–H and O–H groups in total. The average Bonchev–Trinajstić information content (AvgIpc) is 3.25.